The zero-order valence-electron chi connectivity index (χ0n) is 16.9. The summed E-state index contributed by atoms with van der Waals surface area (Å²) in [6.07, 6.45) is 2.32. The molecule has 0 spiro atoms. The molecule has 2 heterocycles. The van der Waals surface area contributed by atoms with Crippen LogP contribution in [0.15, 0.2) is 30.3 Å². The number of carbonyl (C=O) groups excluding carboxylic acids is 2. The minimum Gasteiger partial charge on any atom is -0.453 e. The molecule has 0 unspecified atom stereocenters. The Morgan fingerprint density at radius 2 is 1.97 bits per heavy atom. The van der Waals surface area contributed by atoms with Crippen molar-refractivity contribution >= 4 is 29.2 Å². The number of nitrogens with one attached hydrogen (secondary N) is 1. The standard InChI is InChI=1S/C22H23ClFN3O3/c1-13-5-6-14-11-17(25-22(29)27-9-3-4-10-27)21(28)26(2)19(14)20(13)30-18-12-15(24)7-8-16(18)23/h5-8,12,17H,3-4,9-11H2,1-2H3,(H,25,29)/t17-/m1/s1. The van der Waals surface area contributed by atoms with Gasteiger partial charge in [-0.2, -0.15) is 0 Å². The number of benzene rings is 2. The van der Waals surface area contributed by atoms with E-state index >= 15 is 0 Å². The molecule has 0 bridgehead atoms. The van der Waals surface area contributed by atoms with Crippen molar-refractivity contribution in [1.82, 2.24) is 10.2 Å². The van der Waals surface area contributed by atoms with Gasteiger partial charge < -0.3 is 19.9 Å². The van der Waals surface area contributed by atoms with Crippen LogP contribution >= 0.6 is 11.6 Å². The topological polar surface area (TPSA) is 61.9 Å². The van der Waals surface area contributed by atoms with Crippen LogP contribution in [0.1, 0.15) is 24.0 Å². The SMILES string of the molecule is Cc1ccc2c(c1Oc1cc(F)ccc1Cl)N(C)C(=O)[C@H](NC(=O)N1CCCC1)C2. The first-order valence-corrected chi connectivity index (χ1v) is 10.3. The summed E-state index contributed by atoms with van der Waals surface area (Å²) in [6.45, 7) is 3.28. The maximum atomic E-state index is 13.7. The number of ether oxygens (including phenoxy) is 1. The number of amides is 3. The molecule has 30 heavy (non-hydrogen) atoms. The number of nitrogens with zero attached hydrogens (tertiary/aromatic N) is 2. The smallest absolute Gasteiger partial charge is 0.318 e. The lowest BCUT2D eigenvalue weighted by molar-refractivity contribution is -0.120. The molecule has 2 aromatic rings. The summed E-state index contributed by atoms with van der Waals surface area (Å²) < 4.78 is 19.7. The Morgan fingerprint density at radius 3 is 2.70 bits per heavy atom. The molecule has 1 saturated heterocycles. The number of rotatable bonds is 3. The van der Waals surface area contributed by atoms with Gasteiger partial charge in [-0.25, -0.2) is 9.18 Å². The Hall–Kier alpha value is -2.80. The van der Waals surface area contributed by atoms with Gasteiger partial charge >= 0.3 is 6.03 Å². The summed E-state index contributed by atoms with van der Waals surface area (Å²) in [4.78, 5) is 28.7. The van der Waals surface area contributed by atoms with E-state index in [1.54, 1.807) is 11.9 Å². The van der Waals surface area contributed by atoms with Crippen LogP contribution in [-0.4, -0.2) is 43.0 Å². The van der Waals surface area contributed by atoms with Gasteiger partial charge in [0.25, 0.3) is 0 Å². The van der Waals surface area contributed by atoms with E-state index in [1.165, 1.54) is 23.1 Å². The summed E-state index contributed by atoms with van der Waals surface area (Å²) >= 11 is 6.17. The molecule has 6 nitrogen and oxygen atoms in total. The first-order valence-electron chi connectivity index (χ1n) is 9.93. The highest BCUT2D eigenvalue weighted by Gasteiger charge is 2.35. The Kier molecular flexibility index (Phi) is 5.56. The second kappa shape index (κ2) is 8.14. The molecule has 2 aromatic carbocycles. The summed E-state index contributed by atoms with van der Waals surface area (Å²) in [5.41, 5.74) is 2.25. The molecule has 0 saturated carbocycles. The van der Waals surface area contributed by atoms with Gasteiger partial charge in [0, 0.05) is 32.6 Å². The lowest BCUT2D eigenvalue weighted by Crippen LogP contribution is -2.54. The third-order valence-electron chi connectivity index (χ3n) is 5.60. The predicted octanol–water partition coefficient (Wildman–Crippen LogP) is 4.27. The van der Waals surface area contributed by atoms with Crippen molar-refractivity contribution in [3.8, 4) is 11.5 Å². The number of halogens is 2. The average Bonchev–Trinajstić information content (AvgIpc) is 3.25. The first kappa shape index (κ1) is 20.5. The highest BCUT2D eigenvalue weighted by atomic mass is 35.5. The Bertz CT molecular complexity index is 1010. The molecule has 8 heteroatoms. The summed E-state index contributed by atoms with van der Waals surface area (Å²) in [6, 6.07) is 6.83. The summed E-state index contributed by atoms with van der Waals surface area (Å²) in [5.74, 6) is -0.0690. The van der Waals surface area contributed by atoms with Crippen LogP contribution in [0.5, 0.6) is 11.5 Å². The normalized spacial score (nSPS) is 18.4. The van der Waals surface area contributed by atoms with Crippen LogP contribution in [0.25, 0.3) is 0 Å². The second-order valence-electron chi connectivity index (χ2n) is 7.69. The molecule has 2 aliphatic rings. The minimum atomic E-state index is -0.649. The highest BCUT2D eigenvalue weighted by Crippen LogP contribution is 2.42. The molecule has 1 fully saturated rings. The first-order chi connectivity index (χ1) is 14.3. The summed E-state index contributed by atoms with van der Waals surface area (Å²) in [7, 11) is 1.65. The fraction of sp³-hybridized carbons (Fsp3) is 0.364. The Labute approximate surface area is 179 Å². The van der Waals surface area contributed by atoms with Crippen molar-refractivity contribution < 1.29 is 18.7 Å². The number of likely N-dealkylation sites (N-methyl/N-ethyl adjacent to an activating group) is 1. The van der Waals surface area contributed by atoms with Crippen molar-refractivity contribution in [3.05, 3.63) is 52.3 Å². The Balaban J connectivity index is 1.63. The van der Waals surface area contributed by atoms with Crippen LogP contribution in [0, 0.1) is 12.7 Å². The molecule has 158 valence electrons. The summed E-state index contributed by atoms with van der Waals surface area (Å²) in [5, 5.41) is 3.14. The quantitative estimate of drug-likeness (QED) is 0.789. The van der Waals surface area contributed by atoms with E-state index in [4.69, 9.17) is 16.3 Å². The van der Waals surface area contributed by atoms with Crippen molar-refractivity contribution in [2.75, 3.05) is 25.0 Å². The van der Waals surface area contributed by atoms with E-state index < -0.39 is 11.9 Å². The minimum absolute atomic E-state index is 0.179. The maximum Gasteiger partial charge on any atom is 0.318 e. The zero-order valence-corrected chi connectivity index (χ0v) is 17.6. The van der Waals surface area contributed by atoms with Gasteiger partial charge in [0.2, 0.25) is 5.91 Å². The Morgan fingerprint density at radius 1 is 1.23 bits per heavy atom. The number of fused-ring (bicyclic) bond motifs is 1. The van der Waals surface area contributed by atoms with Crippen molar-refractivity contribution in [3.63, 3.8) is 0 Å². The molecule has 1 atom stereocenters. The van der Waals surface area contributed by atoms with Crippen LogP contribution in [-0.2, 0) is 11.2 Å². The number of aryl methyl sites for hydroxylation is 1. The number of likely N-dealkylation sites (tertiary alicyclic amines) is 1. The van der Waals surface area contributed by atoms with Crippen LogP contribution in [0.3, 0.4) is 0 Å². The van der Waals surface area contributed by atoms with Gasteiger partial charge in [0.1, 0.15) is 17.6 Å². The molecular weight excluding hydrogens is 409 g/mol. The van der Waals surface area contributed by atoms with Gasteiger partial charge in [-0.05, 0) is 43.0 Å². The molecule has 4 rings (SSSR count). The number of hydrogen-bond acceptors (Lipinski definition) is 3. The van der Waals surface area contributed by atoms with Crippen LogP contribution in [0.2, 0.25) is 5.02 Å². The average molecular weight is 432 g/mol. The maximum absolute atomic E-state index is 13.7. The third kappa shape index (κ3) is 3.81. The molecule has 3 amide bonds. The number of urea groups is 1. The van der Waals surface area contributed by atoms with E-state index in [9.17, 15) is 14.0 Å². The van der Waals surface area contributed by atoms with Crippen LogP contribution in [0.4, 0.5) is 14.9 Å². The fourth-order valence-electron chi connectivity index (χ4n) is 3.96. The fourth-order valence-corrected chi connectivity index (χ4v) is 4.12. The van der Waals surface area contributed by atoms with Crippen molar-refractivity contribution in [2.45, 2.75) is 32.2 Å². The number of hydrogen-bond donors (Lipinski definition) is 1. The van der Waals surface area contributed by atoms with E-state index in [1.807, 2.05) is 19.1 Å². The predicted molar refractivity (Wildman–Crippen MR) is 113 cm³/mol. The van der Waals surface area contributed by atoms with E-state index in [2.05, 4.69) is 5.32 Å². The van der Waals surface area contributed by atoms with E-state index in [0.29, 0.717) is 30.9 Å². The highest BCUT2D eigenvalue weighted by molar-refractivity contribution is 6.32. The van der Waals surface area contributed by atoms with Gasteiger partial charge in [-0.15, -0.1) is 0 Å². The second-order valence-corrected chi connectivity index (χ2v) is 8.10. The molecule has 1 N–H and O–H groups in total. The van der Waals surface area contributed by atoms with Gasteiger partial charge in [-0.1, -0.05) is 23.7 Å². The number of anilines is 1. The zero-order chi connectivity index (χ0) is 21.4. The molecule has 0 aromatic heterocycles. The van der Waals surface area contributed by atoms with Gasteiger partial charge in [-0.3, -0.25) is 4.79 Å². The van der Waals surface area contributed by atoms with Crippen molar-refractivity contribution in [1.29, 1.82) is 0 Å². The molecular formula is C22H23ClFN3O3. The van der Waals surface area contributed by atoms with E-state index in [-0.39, 0.29) is 22.7 Å². The lowest BCUT2D eigenvalue weighted by atomic mass is 9.95. The lowest BCUT2D eigenvalue weighted by Gasteiger charge is -2.34. The third-order valence-corrected chi connectivity index (χ3v) is 5.91. The largest absolute Gasteiger partial charge is 0.453 e. The van der Waals surface area contributed by atoms with Gasteiger partial charge in [0.05, 0.1) is 10.7 Å². The van der Waals surface area contributed by atoms with E-state index in [0.717, 1.165) is 24.0 Å². The van der Waals surface area contributed by atoms with Crippen LogP contribution < -0.4 is 15.0 Å². The monoisotopic (exact) mass is 431 g/mol. The molecule has 2 aliphatic heterocycles. The molecule has 0 aliphatic carbocycles. The van der Waals surface area contributed by atoms with Crippen molar-refractivity contribution in [2.24, 2.45) is 0 Å². The molecule has 0 radical (unpaired) electrons. The van der Waals surface area contributed by atoms with Gasteiger partial charge in [0.15, 0.2) is 5.75 Å². The number of carbonyl (C=O) groups is 2.